The Morgan fingerprint density at radius 3 is 2.80 bits per heavy atom. The number of nitrogens with one attached hydrogen (secondary N) is 1. The molecule has 1 aliphatic heterocycles. The molecule has 4 nitrogen and oxygen atoms in total. The van der Waals surface area contributed by atoms with E-state index in [-0.39, 0.29) is 0 Å². The lowest BCUT2D eigenvalue weighted by Gasteiger charge is -2.14. The minimum absolute atomic E-state index is 0.356. The third kappa shape index (κ3) is 4.80. The maximum absolute atomic E-state index is 11.1. The molecule has 112 valence electrons. The Morgan fingerprint density at radius 1 is 1.30 bits per heavy atom. The van der Waals surface area contributed by atoms with Crippen molar-refractivity contribution in [2.24, 2.45) is 0 Å². The summed E-state index contributed by atoms with van der Waals surface area (Å²) >= 11 is 0. The first kappa shape index (κ1) is 15.3. The normalized spacial score (nSPS) is 17.3. The predicted molar refractivity (Wildman–Crippen MR) is 81.9 cm³/mol. The molecular formula is C15H23NO3S. The summed E-state index contributed by atoms with van der Waals surface area (Å²) < 4.78 is 22.4. The quantitative estimate of drug-likeness (QED) is 0.873. The molecule has 0 saturated heterocycles. The van der Waals surface area contributed by atoms with Gasteiger partial charge in [0.15, 0.2) is 11.5 Å². The van der Waals surface area contributed by atoms with E-state index in [0.717, 1.165) is 43.2 Å². The van der Waals surface area contributed by atoms with Gasteiger partial charge in [0.2, 0.25) is 0 Å². The van der Waals surface area contributed by atoms with Gasteiger partial charge in [0, 0.05) is 41.8 Å². The molecule has 1 aromatic rings. The summed E-state index contributed by atoms with van der Waals surface area (Å²) in [6.45, 7) is 4.34. The van der Waals surface area contributed by atoms with Crippen LogP contribution in [0.1, 0.15) is 25.3 Å². The Balaban J connectivity index is 1.87. The van der Waals surface area contributed by atoms with E-state index in [9.17, 15) is 4.21 Å². The summed E-state index contributed by atoms with van der Waals surface area (Å²) in [6, 6.07) is 6.43. The van der Waals surface area contributed by atoms with Crippen molar-refractivity contribution in [1.29, 1.82) is 0 Å². The summed E-state index contributed by atoms with van der Waals surface area (Å²) in [5.41, 5.74) is 1.18. The highest BCUT2D eigenvalue weighted by Gasteiger charge is 2.11. The topological polar surface area (TPSA) is 47.6 Å². The predicted octanol–water partition coefficient (Wildman–Crippen LogP) is 2.09. The molecular weight excluding hydrogens is 274 g/mol. The number of hydrogen-bond acceptors (Lipinski definition) is 4. The van der Waals surface area contributed by atoms with Crippen molar-refractivity contribution in [3.63, 3.8) is 0 Å². The summed E-state index contributed by atoms with van der Waals surface area (Å²) in [7, 11) is -0.715. The lowest BCUT2D eigenvalue weighted by Crippen LogP contribution is -2.26. The van der Waals surface area contributed by atoms with Gasteiger partial charge in [-0.3, -0.25) is 4.21 Å². The van der Waals surface area contributed by atoms with Gasteiger partial charge in [-0.15, -0.1) is 0 Å². The fourth-order valence-electron chi connectivity index (χ4n) is 2.05. The highest BCUT2D eigenvalue weighted by atomic mass is 32.2. The van der Waals surface area contributed by atoms with E-state index in [4.69, 9.17) is 9.47 Å². The van der Waals surface area contributed by atoms with Gasteiger partial charge in [0.25, 0.3) is 0 Å². The Kier molecular flexibility index (Phi) is 5.86. The van der Waals surface area contributed by atoms with E-state index in [0.29, 0.717) is 12.6 Å². The number of fused-ring (bicyclic) bond motifs is 1. The molecule has 2 unspecified atom stereocenters. The van der Waals surface area contributed by atoms with Crippen LogP contribution in [0.3, 0.4) is 0 Å². The molecule has 20 heavy (non-hydrogen) atoms. The lowest BCUT2D eigenvalue weighted by atomic mass is 10.2. The van der Waals surface area contributed by atoms with E-state index in [1.165, 1.54) is 5.56 Å². The third-order valence-electron chi connectivity index (χ3n) is 3.30. The second-order valence-corrected chi connectivity index (χ2v) is 6.73. The van der Waals surface area contributed by atoms with E-state index >= 15 is 0 Å². The van der Waals surface area contributed by atoms with E-state index in [1.54, 1.807) is 6.26 Å². The van der Waals surface area contributed by atoms with Gasteiger partial charge in [0.05, 0.1) is 13.2 Å². The third-order valence-corrected chi connectivity index (χ3v) is 4.12. The monoisotopic (exact) mass is 297 g/mol. The molecule has 1 aliphatic rings. The Bertz CT molecular complexity index is 464. The minimum atomic E-state index is -0.715. The van der Waals surface area contributed by atoms with Gasteiger partial charge >= 0.3 is 0 Å². The molecule has 0 aliphatic carbocycles. The van der Waals surface area contributed by atoms with Crippen LogP contribution in [0.15, 0.2) is 18.2 Å². The van der Waals surface area contributed by atoms with E-state index in [1.807, 2.05) is 12.1 Å². The molecule has 1 N–H and O–H groups in total. The Hall–Kier alpha value is -1.07. The highest BCUT2D eigenvalue weighted by molar-refractivity contribution is 7.84. The van der Waals surface area contributed by atoms with Gasteiger partial charge < -0.3 is 14.8 Å². The van der Waals surface area contributed by atoms with Crippen molar-refractivity contribution >= 4 is 10.8 Å². The average molecular weight is 297 g/mol. The second kappa shape index (κ2) is 7.64. The molecule has 1 aromatic carbocycles. The molecule has 0 bridgehead atoms. The van der Waals surface area contributed by atoms with E-state index < -0.39 is 10.8 Å². The Labute approximate surface area is 123 Å². The van der Waals surface area contributed by atoms with Crippen LogP contribution in [0.5, 0.6) is 11.5 Å². The standard InChI is InChI=1S/C15H23NO3S/c1-12(6-9-20(2)17)16-11-13-4-5-14-15(10-13)19-8-3-7-18-14/h4-5,10,12,16H,3,6-9,11H2,1-2H3. The molecule has 0 amide bonds. The summed E-state index contributed by atoms with van der Waals surface area (Å²) in [5.74, 6) is 2.42. The van der Waals surface area contributed by atoms with E-state index in [2.05, 4.69) is 18.3 Å². The van der Waals surface area contributed by atoms with Crippen molar-refractivity contribution in [2.45, 2.75) is 32.4 Å². The van der Waals surface area contributed by atoms with Crippen LogP contribution < -0.4 is 14.8 Å². The molecule has 0 fully saturated rings. The van der Waals surface area contributed by atoms with Crippen molar-refractivity contribution in [1.82, 2.24) is 5.32 Å². The van der Waals surface area contributed by atoms with Crippen molar-refractivity contribution in [3.8, 4) is 11.5 Å². The number of benzene rings is 1. The van der Waals surface area contributed by atoms with Crippen LogP contribution in [-0.4, -0.2) is 35.5 Å². The van der Waals surface area contributed by atoms with Crippen LogP contribution in [0.4, 0.5) is 0 Å². The van der Waals surface area contributed by atoms with Gasteiger partial charge in [0.1, 0.15) is 0 Å². The van der Waals surface area contributed by atoms with Crippen molar-refractivity contribution < 1.29 is 13.7 Å². The zero-order valence-electron chi connectivity index (χ0n) is 12.2. The van der Waals surface area contributed by atoms with Gasteiger partial charge in [-0.05, 0) is 31.0 Å². The first-order valence-electron chi connectivity index (χ1n) is 7.07. The maximum atomic E-state index is 11.1. The molecule has 2 rings (SSSR count). The zero-order valence-corrected chi connectivity index (χ0v) is 13.0. The number of hydrogen-bond donors (Lipinski definition) is 1. The first-order chi connectivity index (χ1) is 9.65. The fourth-order valence-corrected chi connectivity index (χ4v) is 2.74. The van der Waals surface area contributed by atoms with Crippen LogP contribution in [0.25, 0.3) is 0 Å². The largest absolute Gasteiger partial charge is 0.490 e. The zero-order chi connectivity index (χ0) is 14.4. The molecule has 0 aromatic heterocycles. The van der Waals surface area contributed by atoms with Crippen LogP contribution >= 0.6 is 0 Å². The van der Waals surface area contributed by atoms with Crippen LogP contribution in [-0.2, 0) is 17.3 Å². The summed E-state index contributed by atoms with van der Waals surface area (Å²) in [5, 5.41) is 3.45. The smallest absolute Gasteiger partial charge is 0.161 e. The minimum Gasteiger partial charge on any atom is -0.490 e. The average Bonchev–Trinajstić information content (AvgIpc) is 2.67. The van der Waals surface area contributed by atoms with Crippen molar-refractivity contribution in [3.05, 3.63) is 23.8 Å². The number of ether oxygens (including phenoxy) is 2. The maximum Gasteiger partial charge on any atom is 0.161 e. The molecule has 5 heteroatoms. The highest BCUT2D eigenvalue weighted by Crippen LogP contribution is 2.30. The fraction of sp³-hybridized carbons (Fsp3) is 0.600. The SMILES string of the molecule is CC(CCS(C)=O)NCc1ccc2c(c1)OCCCO2. The molecule has 1 heterocycles. The summed E-state index contributed by atoms with van der Waals surface area (Å²) in [6.07, 6.45) is 3.59. The molecule has 0 saturated carbocycles. The van der Waals surface area contributed by atoms with Gasteiger partial charge in [-0.1, -0.05) is 6.07 Å². The molecule has 0 radical (unpaired) electrons. The lowest BCUT2D eigenvalue weighted by molar-refractivity contribution is 0.297. The van der Waals surface area contributed by atoms with Gasteiger partial charge in [-0.2, -0.15) is 0 Å². The van der Waals surface area contributed by atoms with Gasteiger partial charge in [-0.25, -0.2) is 0 Å². The Morgan fingerprint density at radius 2 is 2.05 bits per heavy atom. The number of rotatable bonds is 6. The first-order valence-corrected chi connectivity index (χ1v) is 8.80. The molecule has 2 atom stereocenters. The van der Waals surface area contributed by atoms with Crippen LogP contribution in [0, 0.1) is 0 Å². The van der Waals surface area contributed by atoms with Crippen molar-refractivity contribution in [2.75, 3.05) is 25.2 Å². The molecule has 0 spiro atoms. The summed E-state index contributed by atoms with van der Waals surface area (Å²) in [4.78, 5) is 0. The second-order valence-electron chi connectivity index (χ2n) is 5.18. The van der Waals surface area contributed by atoms with Crippen LogP contribution in [0.2, 0.25) is 0 Å².